The van der Waals surface area contributed by atoms with Crippen LogP contribution in [-0.4, -0.2) is 82.7 Å². The predicted molar refractivity (Wildman–Crippen MR) is 85.5 cm³/mol. The highest BCUT2D eigenvalue weighted by Crippen LogP contribution is 2.18. The molecule has 0 aliphatic carbocycles. The van der Waals surface area contributed by atoms with E-state index in [2.05, 4.69) is 26.8 Å². The fourth-order valence-corrected chi connectivity index (χ4v) is 3.44. The first-order chi connectivity index (χ1) is 10.7. The summed E-state index contributed by atoms with van der Waals surface area (Å²) in [5.41, 5.74) is 0. The standard InChI is InChI=1S/C16H27N5O/c1-18-10-12-19(13-11-18)15-5-9-20(14-15)16(22)4-2-7-21-8-3-6-17-21/h3,6,8,15H,2,4-5,7,9-14H2,1H3/t15-/m1/s1. The van der Waals surface area contributed by atoms with Crippen LogP contribution in [0.4, 0.5) is 0 Å². The molecule has 3 heterocycles. The molecule has 1 amide bonds. The van der Waals surface area contributed by atoms with E-state index in [1.807, 2.05) is 16.9 Å². The van der Waals surface area contributed by atoms with Crippen LogP contribution in [0.3, 0.4) is 0 Å². The molecule has 0 radical (unpaired) electrons. The lowest BCUT2D eigenvalue weighted by atomic mass is 10.2. The molecule has 0 unspecified atom stereocenters. The predicted octanol–water partition coefficient (Wildman–Crippen LogP) is 0.512. The molecule has 2 aliphatic heterocycles. The summed E-state index contributed by atoms with van der Waals surface area (Å²) in [7, 11) is 2.18. The maximum Gasteiger partial charge on any atom is 0.222 e. The fraction of sp³-hybridized carbons (Fsp3) is 0.750. The van der Waals surface area contributed by atoms with E-state index in [0.717, 1.165) is 58.7 Å². The fourth-order valence-electron chi connectivity index (χ4n) is 3.44. The van der Waals surface area contributed by atoms with E-state index in [9.17, 15) is 4.79 Å². The first-order valence-corrected chi connectivity index (χ1v) is 8.40. The van der Waals surface area contributed by atoms with Crippen molar-refractivity contribution in [1.82, 2.24) is 24.5 Å². The van der Waals surface area contributed by atoms with E-state index in [0.29, 0.717) is 18.4 Å². The van der Waals surface area contributed by atoms with Gasteiger partial charge >= 0.3 is 0 Å². The molecule has 0 bridgehead atoms. The number of amides is 1. The average molecular weight is 305 g/mol. The van der Waals surface area contributed by atoms with Gasteiger partial charge in [-0.1, -0.05) is 0 Å². The van der Waals surface area contributed by atoms with Gasteiger partial charge in [0.05, 0.1) is 0 Å². The Labute approximate surface area is 132 Å². The number of carbonyl (C=O) groups excluding carboxylic acids is 1. The Balaban J connectivity index is 1.39. The average Bonchev–Trinajstić information content (AvgIpc) is 3.19. The highest BCUT2D eigenvalue weighted by Gasteiger charge is 2.31. The van der Waals surface area contributed by atoms with Gasteiger partial charge in [0.1, 0.15) is 0 Å². The lowest BCUT2D eigenvalue weighted by Gasteiger charge is -2.36. The summed E-state index contributed by atoms with van der Waals surface area (Å²) < 4.78 is 1.89. The summed E-state index contributed by atoms with van der Waals surface area (Å²) in [6.07, 6.45) is 6.37. The lowest BCUT2D eigenvalue weighted by Crippen LogP contribution is -2.50. The van der Waals surface area contributed by atoms with E-state index in [1.54, 1.807) is 6.20 Å². The summed E-state index contributed by atoms with van der Waals surface area (Å²) in [5.74, 6) is 0.309. The highest BCUT2D eigenvalue weighted by atomic mass is 16.2. The Hall–Kier alpha value is -1.40. The maximum atomic E-state index is 12.3. The van der Waals surface area contributed by atoms with Gasteiger partial charge in [-0.3, -0.25) is 14.4 Å². The summed E-state index contributed by atoms with van der Waals surface area (Å²) >= 11 is 0. The number of aryl methyl sites for hydroxylation is 1. The van der Waals surface area contributed by atoms with Gasteiger partial charge in [0.2, 0.25) is 5.91 Å². The summed E-state index contributed by atoms with van der Waals surface area (Å²) in [5, 5.41) is 4.17. The van der Waals surface area contributed by atoms with E-state index in [4.69, 9.17) is 0 Å². The van der Waals surface area contributed by atoms with Gasteiger partial charge in [0.25, 0.3) is 0 Å². The van der Waals surface area contributed by atoms with Gasteiger partial charge in [-0.2, -0.15) is 5.10 Å². The summed E-state index contributed by atoms with van der Waals surface area (Å²) in [4.78, 5) is 19.3. The smallest absolute Gasteiger partial charge is 0.222 e. The zero-order chi connectivity index (χ0) is 15.4. The molecule has 2 aliphatic rings. The van der Waals surface area contributed by atoms with Crippen LogP contribution in [0.1, 0.15) is 19.3 Å². The van der Waals surface area contributed by atoms with E-state index >= 15 is 0 Å². The molecule has 0 saturated carbocycles. The van der Waals surface area contributed by atoms with Crippen molar-refractivity contribution >= 4 is 5.91 Å². The molecule has 22 heavy (non-hydrogen) atoms. The van der Waals surface area contributed by atoms with Crippen LogP contribution in [0.5, 0.6) is 0 Å². The topological polar surface area (TPSA) is 44.6 Å². The van der Waals surface area contributed by atoms with Crippen molar-refractivity contribution in [3.63, 3.8) is 0 Å². The van der Waals surface area contributed by atoms with Crippen molar-refractivity contribution < 1.29 is 4.79 Å². The Morgan fingerprint density at radius 1 is 1.23 bits per heavy atom. The van der Waals surface area contributed by atoms with Gasteiger partial charge in [-0.15, -0.1) is 0 Å². The molecule has 1 aromatic rings. The van der Waals surface area contributed by atoms with Crippen molar-refractivity contribution in [3.05, 3.63) is 18.5 Å². The first-order valence-electron chi connectivity index (χ1n) is 8.40. The Bertz CT molecular complexity index is 467. The third-order valence-electron chi connectivity index (χ3n) is 4.91. The number of piperazine rings is 1. The van der Waals surface area contributed by atoms with Gasteiger partial charge in [0.15, 0.2) is 0 Å². The van der Waals surface area contributed by atoms with Crippen LogP contribution < -0.4 is 0 Å². The zero-order valence-electron chi connectivity index (χ0n) is 13.5. The summed E-state index contributed by atoms with van der Waals surface area (Å²) in [6.45, 7) is 7.25. The molecule has 0 spiro atoms. The highest BCUT2D eigenvalue weighted by molar-refractivity contribution is 5.76. The number of rotatable bonds is 5. The van der Waals surface area contributed by atoms with Gasteiger partial charge in [-0.25, -0.2) is 0 Å². The first kappa shape index (κ1) is 15.5. The second-order valence-corrected chi connectivity index (χ2v) is 6.49. The van der Waals surface area contributed by atoms with Crippen LogP contribution in [0.15, 0.2) is 18.5 Å². The molecule has 2 fully saturated rings. The third kappa shape index (κ3) is 3.87. The number of carbonyl (C=O) groups is 1. The zero-order valence-corrected chi connectivity index (χ0v) is 13.5. The molecule has 6 nitrogen and oxygen atoms in total. The molecule has 0 aromatic carbocycles. The second-order valence-electron chi connectivity index (χ2n) is 6.49. The van der Waals surface area contributed by atoms with Gasteiger partial charge < -0.3 is 9.80 Å². The minimum absolute atomic E-state index is 0.309. The van der Waals surface area contributed by atoms with Crippen molar-refractivity contribution in [3.8, 4) is 0 Å². The minimum atomic E-state index is 0.309. The van der Waals surface area contributed by atoms with Crippen molar-refractivity contribution in [1.29, 1.82) is 0 Å². The van der Waals surface area contributed by atoms with Crippen molar-refractivity contribution in [2.24, 2.45) is 0 Å². The van der Waals surface area contributed by atoms with Crippen LogP contribution in [-0.2, 0) is 11.3 Å². The molecule has 0 N–H and O–H groups in total. The van der Waals surface area contributed by atoms with E-state index in [1.165, 1.54) is 0 Å². The quantitative estimate of drug-likeness (QED) is 0.795. The minimum Gasteiger partial charge on any atom is -0.341 e. The normalized spacial score (nSPS) is 24.0. The molecule has 1 atom stereocenters. The molecule has 3 rings (SSSR count). The van der Waals surface area contributed by atoms with Gasteiger partial charge in [-0.05, 0) is 26.0 Å². The third-order valence-corrected chi connectivity index (χ3v) is 4.91. The molecular weight excluding hydrogens is 278 g/mol. The van der Waals surface area contributed by atoms with Crippen LogP contribution >= 0.6 is 0 Å². The number of nitrogens with zero attached hydrogens (tertiary/aromatic N) is 5. The molecule has 6 heteroatoms. The molecule has 122 valence electrons. The van der Waals surface area contributed by atoms with Crippen LogP contribution in [0, 0.1) is 0 Å². The van der Waals surface area contributed by atoms with Crippen LogP contribution in [0.2, 0.25) is 0 Å². The molecule has 1 aromatic heterocycles. The van der Waals surface area contributed by atoms with E-state index < -0.39 is 0 Å². The molecule has 2 saturated heterocycles. The van der Waals surface area contributed by atoms with Crippen molar-refractivity contribution in [2.45, 2.75) is 31.8 Å². The molecular formula is C16H27N5O. The number of likely N-dealkylation sites (tertiary alicyclic amines) is 1. The second kappa shape index (κ2) is 7.24. The Morgan fingerprint density at radius 3 is 2.77 bits per heavy atom. The maximum absolute atomic E-state index is 12.3. The summed E-state index contributed by atoms with van der Waals surface area (Å²) in [6, 6.07) is 2.49. The van der Waals surface area contributed by atoms with Crippen LogP contribution in [0.25, 0.3) is 0 Å². The SMILES string of the molecule is CN1CCN([C@@H]2CCN(C(=O)CCCn3cccn3)C2)CC1. The van der Waals surface area contributed by atoms with Gasteiger partial charge in [0, 0.05) is 70.7 Å². The Kier molecular flexibility index (Phi) is 5.10. The number of likely N-dealkylation sites (N-methyl/N-ethyl adjacent to an activating group) is 1. The van der Waals surface area contributed by atoms with Crippen molar-refractivity contribution in [2.75, 3.05) is 46.3 Å². The number of aromatic nitrogens is 2. The number of hydrogen-bond donors (Lipinski definition) is 0. The lowest BCUT2D eigenvalue weighted by molar-refractivity contribution is -0.130. The number of hydrogen-bond acceptors (Lipinski definition) is 4. The largest absolute Gasteiger partial charge is 0.341 e. The monoisotopic (exact) mass is 305 g/mol. The van der Waals surface area contributed by atoms with E-state index in [-0.39, 0.29) is 0 Å². The Morgan fingerprint density at radius 2 is 2.05 bits per heavy atom.